The Kier molecular flexibility index (Phi) is 4.89. The molecule has 1 aliphatic rings. The number of pyridine rings is 1. The van der Waals surface area contributed by atoms with Crippen LogP contribution >= 0.6 is 0 Å². The Morgan fingerprint density at radius 1 is 1.04 bits per heavy atom. The highest BCUT2D eigenvalue weighted by atomic mass is 19.2. The predicted octanol–water partition coefficient (Wildman–Crippen LogP) is 2.50. The normalized spacial score (nSPS) is 15.3. The van der Waals surface area contributed by atoms with Crippen molar-refractivity contribution in [2.75, 3.05) is 43.4 Å². The first-order valence-electron chi connectivity index (χ1n) is 7.80. The molecule has 0 aliphatic carbocycles. The zero-order chi connectivity index (χ0) is 18.0. The number of hydrogen-bond acceptors (Lipinski definition) is 4. The molecule has 1 aromatic carbocycles. The summed E-state index contributed by atoms with van der Waals surface area (Å²) < 4.78 is 39.8. The molecule has 1 aromatic heterocycles. The first kappa shape index (κ1) is 17.2. The highest BCUT2D eigenvalue weighted by molar-refractivity contribution is 6.04. The Hall–Kier alpha value is -2.61. The van der Waals surface area contributed by atoms with Gasteiger partial charge in [-0.1, -0.05) is 0 Å². The maximum atomic E-state index is 13.6. The summed E-state index contributed by atoms with van der Waals surface area (Å²) in [7, 11) is 2.06. The molecule has 0 atom stereocenters. The number of carbonyl (C=O) groups excluding carboxylic acids is 1. The van der Waals surface area contributed by atoms with Crippen LogP contribution in [0.4, 0.5) is 24.7 Å². The van der Waals surface area contributed by atoms with E-state index in [1.54, 1.807) is 18.3 Å². The minimum absolute atomic E-state index is 0.201. The molecular formula is C17H17F3N4O. The van der Waals surface area contributed by atoms with Gasteiger partial charge in [-0.05, 0) is 31.3 Å². The van der Waals surface area contributed by atoms with E-state index in [0.717, 1.165) is 37.9 Å². The van der Waals surface area contributed by atoms with E-state index in [4.69, 9.17) is 0 Å². The van der Waals surface area contributed by atoms with Crippen molar-refractivity contribution in [3.8, 4) is 0 Å². The van der Waals surface area contributed by atoms with Crippen molar-refractivity contribution in [3.63, 3.8) is 0 Å². The van der Waals surface area contributed by atoms with E-state index < -0.39 is 28.9 Å². The first-order valence-corrected chi connectivity index (χ1v) is 7.80. The maximum Gasteiger partial charge on any atom is 0.259 e. The molecule has 5 nitrogen and oxygen atoms in total. The quantitative estimate of drug-likeness (QED) is 0.864. The van der Waals surface area contributed by atoms with Crippen LogP contribution in [0, 0.1) is 17.5 Å². The average molecular weight is 350 g/mol. The lowest BCUT2D eigenvalue weighted by Gasteiger charge is -2.33. The van der Waals surface area contributed by atoms with Crippen LogP contribution in [0.1, 0.15) is 10.4 Å². The van der Waals surface area contributed by atoms with Crippen LogP contribution in [-0.4, -0.2) is 49.0 Å². The minimum atomic E-state index is -1.67. The number of likely N-dealkylation sites (N-methyl/N-ethyl adjacent to an activating group) is 1. The molecule has 0 bridgehead atoms. The number of rotatable bonds is 3. The zero-order valence-corrected chi connectivity index (χ0v) is 13.6. The van der Waals surface area contributed by atoms with E-state index in [1.165, 1.54) is 0 Å². The topological polar surface area (TPSA) is 48.5 Å². The Labute approximate surface area is 143 Å². The third-order valence-electron chi connectivity index (χ3n) is 4.14. The van der Waals surface area contributed by atoms with Crippen molar-refractivity contribution in [1.82, 2.24) is 9.88 Å². The molecule has 0 spiro atoms. The highest BCUT2D eigenvalue weighted by Crippen LogP contribution is 2.19. The molecule has 1 amide bonds. The van der Waals surface area contributed by atoms with Gasteiger partial charge in [0.1, 0.15) is 5.82 Å². The molecule has 8 heteroatoms. The number of anilines is 2. The van der Waals surface area contributed by atoms with Gasteiger partial charge in [-0.15, -0.1) is 0 Å². The number of benzene rings is 1. The summed E-state index contributed by atoms with van der Waals surface area (Å²) >= 11 is 0. The number of halogens is 3. The monoisotopic (exact) mass is 350 g/mol. The van der Waals surface area contributed by atoms with Gasteiger partial charge in [-0.25, -0.2) is 18.2 Å². The molecule has 25 heavy (non-hydrogen) atoms. The molecule has 0 radical (unpaired) electrons. The molecule has 3 rings (SSSR count). The summed E-state index contributed by atoms with van der Waals surface area (Å²) in [5.74, 6) is -5.23. The van der Waals surface area contributed by atoms with E-state index >= 15 is 0 Å². The molecule has 2 heterocycles. The summed E-state index contributed by atoms with van der Waals surface area (Å²) in [6, 6.07) is 4.98. The number of nitrogens with zero attached hydrogens (tertiary/aromatic N) is 3. The van der Waals surface area contributed by atoms with Crippen molar-refractivity contribution in [2.24, 2.45) is 0 Å². The van der Waals surface area contributed by atoms with Crippen molar-refractivity contribution in [2.45, 2.75) is 0 Å². The zero-order valence-electron chi connectivity index (χ0n) is 13.6. The van der Waals surface area contributed by atoms with Crippen molar-refractivity contribution in [1.29, 1.82) is 0 Å². The van der Waals surface area contributed by atoms with E-state index in [9.17, 15) is 18.0 Å². The van der Waals surface area contributed by atoms with Gasteiger partial charge in [0.25, 0.3) is 5.91 Å². The second kappa shape index (κ2) is 7.10. The van der Waals surface area contributed by atoms with Gasteiger partial charge in [0.15, 0.2) is 17.5 Å². The smallest absolute Gasteiger partial charge is 0.259 e. The number of carbonyl (C=O) groups is 1. The number of aromatic nitrogens is 1. The lowest BCUT2D eigenvalue weighted by molar-refractivity contribution is 0.102. The van der Waals surface area contributed by atoms with E-state index in [1.807, 2.05) is 0 Å². The molecule has 132 valence electrons. The number of nitrogens with one attached hydrogen (secondary N) is 1. The largest absolute Gasteiger partial charge is 0.368 e. The van der Waals surface area contributed by atoms with Crippen LogP contribution in [0.25, 0.3) is 0 Å². The van der Waals surface area contributed by atoms with Gasteiger partial charge in [0, 0.05) is 26.2 Å². The van der Waals surface area contributed by atoms with Crippen LogP contribution in [0.15, 0.2) is 30.5 Å². The lowest BCUT2D eigenvalue weighted by Crippen LogP contribution is -2.44. The Morgan fingerprint density at radius 2 is 1.76 bits per heavy atom. The minimum Gasteiger partial charge on any atom is -0.368 e. The number of amides is 1. The highest BCUT2D eigenvalue weighted by Gasteiger charge is 2.19. The summed E-state index contributed by atoms with van der Waals surface area (Å²) in [5.41, 5.74) is 0.342. The number of hydrogen-bond donors (Lipinski definition) is 1. The second-order valence-electron chi connectivity index (χ2n) is 5.87. The molecule has 0 unspecified atom stereocenters. The Balaban J connectivity index is 1.69. The maximum absolute atomic E-state index is 13.6. The van der Waals surface area contributed by atoms with Crippen LogP contribution < -0.4 is 10.2 Å². The van der Waals surface area contributed by atoms with Crippen LogP contribution in [0.2, 0.25) is 0 Å². The molecular weight excluding hydrogens is 333 g/mol. The summed E-state index contributed by atoms with van der Waals surface area (Å²) in [6.07, 6.45) is 1.61. The summed E-state index contributed by atoms with van der Waals surface area (Å²) in [5, 5.41) is 2.38. The van der Waals surface area contributed by atoms with Gasteiger partial charge in [-0.3, -0.25) is 4.79 Å². The van der Waals surface area contributed by atoms with Crippen LogP contribution in [-0.2, 0) is 0 Å². The van der Waals surface area contributed by atoms with Gasteiger partial charge in [0.2, 0.25) is 0 Å². The summed E-state index contributed by atoms with van der Waals surface area (Å²) in [4.78, 5) is 20.6. The van der Waals surface area contributed by atoms with Gasteiger partial charge >= 0.3 is 0 Å². The molecule has 1 fully saturated rings. The van der Waals surface area contributed by atoms with Crippen molar-refractivity contribution in [3.05, 3.63) is 53.5 Å². The molecule has 1 saturated heterocycles. The fourth-order valence-corrected chi connectivity index (χ4v) is 2.60. The fourth-order valence-electron chi connectivity index (χ4n) is 2.60. The standard InChI is InChI=1S/C17H17F3N4O/c1-23-6-8-24(9-7-23)11-2-5-14(21-10-11)22-17(25)12-3-4-13(18)16(20)15(12)19/h2-5,10H,6-9H2,1H3,(H,21,22,25). The molecule has 1 aliphatic heterocycles. The van der Waals surface area contributed by atoms with Gasteiger partial charge < -0.3 is 15.1 Å². The number of piperazine rings is 1. The van der Waals surface area contributed by atoms with Crippen molar-refractivity contribution >= 4 is 17.4 Å². The van der Waals surface area contributed by atoms with Gasteiger partial charge in [0.05, 0.1) is 17.4 Å². The Morgan fingerprint density at radius 3 is 2.40 bits per heavy atom. The predicted molar refractivity (Wildman–Crippen MR) is 88.2 cm³/mol. The third kappa shape index (κ3) is 3.74. The SMILES string of the molecule is CN1CCN(c2ccc(NC(=O)c3ccc(F)c(F)c3F)nc2)CC1. The van der Waals surface area contributed by atoms with Crippen molar-refractivity contribution < 1.29 is 18.0 Å². The second-order valence-corrected chi connectivity index (χ2v) is 5.87. The average Bonchev–Trinajstić information content (AvgIpc) is 2.61. The molecule has 2 aromatic rings. The first-order chi connectivity index (χ1) is 12.0. The fraction of sp³-hybridized carbons (Fsp3) is 0.294. The van der Waals surface area contributed by atoms with E-state index in [2.05, 4.69) is 27.1 Å². The summed E-state index contributed by atoms with van der Waals surface area (Å²) in [6.45, 7) is 3.66. The molecule has 0 saturated carbocycles. The third-order valence-corrected chi connectivity index (χ3v) is 4.14. The van der Waals surface area contributed by atoms with Gasteiger partial charge in [-0.2, -0.15) is 0 Å². The van der Waals surface area contributed by atoms with E-state index in [-0.39, 0.29) is 5.82 Å². The van der Waals surface area contributed by atoms with Crippen LogP contribution in [0.3, 0.4) is 0 Å². The van der Waals surface area contributed by atoms with Crippen LogP contribution in [0.5, 0.6) is 0 Å². The van der Waals surface area contributed by atoms with E-state index in [0.29, 0.717) is 6.07 Å². The Bertz CT molecular complexity index is 774. The molecule has 1 N–H and O–H groups in total. The lowest BCUT2D eigenvalue weighted by atomic mass is 10.2.